The van der Waals surface area contributed by atoms with Crippen molar-refractivity contribution in [2.24, 2.45) is 0 Å². The average Bonchev–Trinajstić information content (AvgIpc) is 3.30. The van der Waals surface area contributed by atoms with E-state index in [1.165, 1.54) is 18.4 Å². The molecular formula is C19H18N2O4S. The van der Waals surface area contributed by atoms with Crippen LogP contribution in [0.25, 0.3) is 10.8 Å². The third-order valence-electron chi connectivity index (χ3n) is 3.82. The predicted molar refractivity (Wildman–Crippen MR) is 97.9 cm³/mol. The van der Waals surface area contributed by atoms with Gasteiger partial charge >= 0.3 is 5.97 Å². The minimum atomic E-state index is -0.386. The summed E-state index contributed by atoms with van der Waals surface area (Å²) in [7, 11) is 1.34. The summed E-state index contributed by atoms with van der Waals surface area (Å²) in [6.45, 7) is 2.17. The molecule has 0 aliphatic rings. The second-order valence-electron chi connectivity index (χ2n) is 5.64. The summed E-state index contributed by atoms with van der Waals surface area (Å²) >= 11 is 1.54. The fourth-order valence-electron chi connectivity index (χ4n) is 2.39. The van der Waals surface area contributed by atoms with E-state index in [2.05, 4.69) is 15.0 Å². The van der Waals surface area contributed by atoms with Crippen molar-refractivity contribution < 1.29 is 18.7 Å². The molecule has 0 saturated heterocycles. The Kier molecular flexibility index (Phi) is 5.48. The molecule has 134 valence electrons. The van der Waals surface area contributed by atoms with Gasteiger partial charge in [0.2, 0.25) is 11.8 Å². The quantitative estimate of drug-likeness (QED) is 0.673. The maximum absolute atomic E-state index is 12.2. The first kappa shape index (κ1) is 17.9. The largest absolute Gasteiger partial charge is 0.465 e. The lowest BCUT2D eigenvalue weighted by Crippen LogP contribution is -2.25. The molecular weight excluding hydrogens is 352 g/mol. The van der Waals surface area contributed by atoms with Crippen LogP contribution < -0.4 is 5.32 Å². The van der Waals surface area contributed by atoms with Gasteiger partial charge in [-0.15, -0.1) is 11.3 Å². The predicted octanol–water partition coefficient (Wildman–Crippen LogP) is 3.36. The lowest BCUT2D eigenvalue weighted by molar-refractivity contribution is -0.120. The number of aryl methyl sites for hydroxylation is 1. The highest BCUT2D eigenvalue weighted by molar-refractivity contribution is 7.13. The van der Waals surface area contributed by atoms with Crippen LogP contribution in [0.2, 0.25) is 0 Å². The summed E-state index contributed by atoms with van der Waals surface area (Å²) in [5.74, 6) is 0.657. The molecule has 3 aromatic rings. The Balaban J connectivity index is 1.57. The van der Waals surface area contributed by atoms with Crippen LogP contribution in [0, 0.1) is 6.92 Å². The number of nitrogens with one attached hydrogen (secondary N) is 1. The zero-order chi connectivity index (χ0) is 18.5. The van der Waals surface area contributed by atoms with E-state index in [1.54, 1.807) is 31.2 Å². The number of carbonyl (C=O) groups excluding carboxylic acids is 2. The van der Waals surface area contributed by atoms with Crippen LogP contribution >= 0.6 is 11.3 Å². The van der Waals surface area contributed by atoms with Crippen LogP contribution in [0.15, 0.2) is 46.2 Å². The number of benzene rings is 1. The van der Waals surface area contributed by atoms with Crippen molar-refractivity contribution in [1.82, 2.24) is 10.3 Å². The van der Waals surface area contributed by atoms with Gasteiger partial charge in [0, 0.05) is 6.54 Å². The Hall–Kier alpha value is -2.93. The van der Waals surface area contributed by atoms with Gasteiger partial charge in [-0.3, -0.25) is 4.79 Å². The van der Waals surface area contributed by atoms with Crippen molar-refractivity contribution in [3.8, 4) is 10.8 Å². The van der Waals surface area contributed by atoms with Gasteiger partial charge in [-0.1, -0.05) is 18.2 Å². The van der Waals surface area contributed by atoms with E-state index in [0.29, 0.717) is 29.5 Å². The number of thiophene rings is 1. The van der Waals surface area contributed by atoms with E-state index in [-0.39, 0.29) is 18.3 Å². The molecule has 2 aromatic heterocycles. The first-order valence-electron chi connectivity index (χ1n) is 8.01. The van der Waals surface area contributed by atoms with Crippen molar-refractivity contribution in [2.45, 2.75) is 19.9 Å². The van der Waals surface area contributed by atoms with Gasteiger partial charge < -0.3 is 14.5 Å². The van der Waals surface area contributed by atoms with Crippen molar-refractivity contribution in [3.63, 3.8) is 0 Å². The summed E-state index contributed by atoms with van der Waals surface area (Å²) in [5, 5.41) is 4.80. The fourth-order valence-corrected chi connectivity index (χ4v) is 3.04. The first-order valence-corrected chi connectivity index (χ1v) is 8.89. The van der Waals surface area contributed by atoms with Gasteiger partial charge in [0.05, 0.1) is 29.7 Å². The highest BCUT2D eigenvalue weighted by Crippen LogP contribution is 2.26. The van der Waals surface area contributed by atoms with Gasteiger partial charge in [0.25, 0.3) is 0 Å². The molecule has 3 rings (SSSR count). The standard InChI is InChI=1S/C19H18N2O4S/c1-12-15(21-18(25-12)16-4-3-9-26-16)10-17(22)20-11-13-5-7-14(8-6-13)19(23)24-2/h3-9H,10-11H2,1-2H3,(H,20,22). The monoisotopic (exact) mass is 370 g/mol. The van der Waals surface area contributed by atoms with E-state index in [4.69, 9.17) is 4.42 Å². The zero-order valence-electron chi connectivity index (χ0n) is 14.4. The number of esters is 1. The third-order valence-corrected chi connectivity index (χ3v) is 4.68. The summed E-state index contributed by atoms with van der Waals surface area (Å²) in [6.07, 6.45) is 0.154. The Morgan fingerprint density at radius 1 is 1.23 bits per heavy atom. The highest BCUT2D eigenvalue weighted by atomic mass is 32.1. The molecule has 1 N–H and O–H groups in total. The molecule has 1 amide bonds. The van der Waals surface area contributed by atoms with E-state index in [9.17, 15) is 9.59 Å². The van der Waals surface area contributed by atoms with Gasteiger partial charge in [-0.25, -0.2) is 9.78 Å². The van der Waals surface area contributed by atoms with Gasteiger partial charge in [0.1, 0.15) is 5.76 Å². The Morgan fingerprint density at radius 3 is 2.65 bits per heavy atom. The number of rotatable bonds is 6. The number of nitrogens with zero attached hydrogens (tertiary/aromatic N) is 1. The fraction of sp³-hybridized carbons (Fsp3) is 0.211. The van der Waals surface area contributed by atoms with Gasteiger partial charge in [0.15, 0.2) is 0 Å². The minimum Gasteiger partial charge on any atom is -0.465 e. The van der Waals surface area contributed by atoms with Crippen molar-refractivity contribution in [2.75, 3.05) is 7.11 Å². The molecule has 6 nitrogen and oxygen atoms in total. The topological polar surface area (TPSA) is 81.4 Å². The molecule has 0 radical (unpaired) electrons. The van der Waals surface area contributed by atoms with E-state index < -0.39 is 0 Å². The van der Waals surface area contributed by atoms with Crippen LogP contribution in [-0.4, -0.2) is 24.0 Å². The highest BCUT2D eigenvalue weighted by Gasteiger charge is 2.15. The first-order chi connectivity index (χ1) is 12.6. The minimum absolute atomic E-state index is 0.142. The number of carbonyl (C=O) groups is 2. The summed E-state index contributed by atoms with van der Waals surface area (Å²) in [6, 6.07) is 10.8. The molecule has 2 heterocycles. The molecule has 0 unspecified atom stereocenters. The second-order valence-corrected chi connectivity index (χ2v) is 6.59. The SMILES string of the molecule is COC(=O)c1ccc(CNC(=O)Cc2nc(-c3cccs3)oc2C)cc1. The third kappa shape index (κ3) is 4.18. The summed E-state index contributed by atoms with van der Waals surface area (Å²) < 4.78 is 10.3. The molecule has 0 aliphatic heterocycles. The number of oxazole rings is 1. The van der Waals surface area contributed by atoms with Crippen molar-refractivity contribution in [3.05, 3.63) is 64.4 Å². The van der Waals surface area contributed by atoms with Gasteiger partial charge in [-0.05, 0) is 36.1 Å². The van der Waals surface area contributed by atoms with Crippen molar-refractivity contribution in [1.29, 1.82) is 0 Å². The van der Waals surface area contributed by atoms with Crippen LogP contribution in [0.4, 0.5) is 0 Å². The molecule has 0 spiro atoms. The van der Waals surface area contributed by atoms with Crippen molar-refractivity contribution >= 4 is 23.2 Å². The van der Waals surface area contributed by atoms with E-state index in [1.807, 2.05) is 17.5 Å². The Labute approximate surface area is 154 Å². The van der Waals surface area contributed by atoms with Crippen LogP contribution in [0.5, 0.6) is 0 Å². The molecule has 0 bridgehead atoms. The van der Waals surface area contributed by atoms with Crippen LogP contribution in [-0.2, 0) is 22.5 Å². The molecule has 26 heavy (non-hydrogen) atoms. The molecule has 1 aromatic carbocycles. The number of amides is 1. The number of methoxy groups -OCH3 is 1. The second kappa shape index (κ2) is 7.97. The van der Waals surface area contributed by atoms with Crippen LogP contribution in [0.3, 0.4) is 0 Å². The molecule has 0 atom stereocenters. The zero-order valence-corrected chi connectivity index (χ0v) is 15.3. The van der Waals surface area contributed by atoms with E-state index in [0.717, 1.165) is 10.4 Å². The van der Waals surface area contributed by atoms with E-state index >= 15 is 0 Å². The number of hydrogen-bond acceptors (Lipinski definition) is 6. The summed E-state index contributed by atoms with van der Waals surface area (Å²) in [5.41, 5.74) is 2.00. The lowest BCUT2D eigenvalue weighted by atomic mass is 10.1. The maximum atomic E-state index is 12.2. The Morgan fingerprint density at radius 2 is 2.00 bits per heavy atom. The Bertz CT molecular complexity index is 898. The van der Waals surface area contributed by atoms with Gasteiger partial charge in [-0.2, -0.15) is 0 Å². The molecule has 0 fully saturated rings. The average molecular weight is 370 g/mol. The summed E-state index contributed by atoms with van der Waals surface area (Å²) in [4.78, 5) is 29.0. The molecule has 0 aliphatic carbocycles. The number of ether oxygens (including phenoxy) is 1. The lowest BCUT2D eigenvalue weighted by Gasteiger charge is -2.05. The number of aromatic nitrogens is 1. The number of hydrogen-bond donors (Lipinski definition) is 1. The normalized spacial score (nSPS) is 10.5. The molecule has 7 heteroatoms. The van der Waals surface area contributed by atoms with Crippen LogP contribution in [0.1, 0.15) is 27.4 Å². The molecule has 0 saturated carbocycles. The maximum Gasteiger partial charge on any atom is 0.337 e. The smallest absolute Gasteiger partial charge is 0.337 e.